The van der Waals surface area contributed by atoms with Gasteiger partial charge < -0.3 is 0 Å². The molecule has 0 bridgehead atoms. The molecule has 1 aromatic heterocycles. The molecule has 0 spiro atoms. The molecule has 43 heavy (non-hydrogen) atoms. The van der Waals surface area contributed by atoms with E-state index < -0.39 is 67.4 Å². The summed E-state index contributed by atoms with van der Waals surface area (Å²) in [6.45, 7) is -3.16. The Kier molecular flexibility index (Phi) is 3.67. The fourth-order valence-electron chi connectivity index (χ4n) is 5.90. The van der Waals surface area contributed by atoms with Gasteiger partial charge in [-0.2, -0.15) is 0 Å². The zero-order chi connectivity index (χ0) is 40.0. The van der Waals surface area contributed by atoms with Gasteiger partial charge in [0.25, 0.3) is 0 Å². The van der Waals surface area contributed by atoms with E-state index in [1.54, 1.807) is 60.7 Å². The normalized spacial score (nSPS) is 16.4. The molecule has 8 aromatic rings. The number of aryl methyl sites for hydroxylation is 1. The first-order valence-electron chi connectivity index (χ1n) is 20.3. The molecule has 0 saturated carbocycles. The fraction of sp³-hybridized carbons (Fsp3) is 0.0488. The monoisotopic (exact) mass is 563 g/mol. The molecular formula is C41H30N2. The Balaban J connectivity index is 1.62. The number of para-hydroxylation sites is 3. The van der Waals surface area contributed by atoms with Crippen LogP contribution in [0.2, 0.25) is 0 Å². The topological polar surface area (TPSA) is 17.8 Å². The molecule has 0 aliphatic rings. The highest BCUT2D eigenvalue weighted by molar-refractivity contribution is 6.22. The first-order chi connectivity index (χ1) is 26.6. The molecule has 2 nitrogen and oxygen atoms in total. The standard InChI is InChI=1S/C41H30N2/c1-2-39-42-36-24-11-13-26-38(36)43(39)37-25-12-10-23-35(37)41-33-21-8-6-19-31(33)40(32-20-7-9-22-34(32)41)30-18-14-17-29(27-30)28-15-4-3-5-16-28/h3-27H,2H2,1H3/i1D3,2D2,6D,7D,8D,9D,19D,20D,21D,22D. The lowest BCUT2D eigenvalue weighted by atomic mass is 9.85. The second kappa shape index (κ2) is 10.4. The van der Waals surface area contributed by atoms with Crippen LogP contribution in [0.3, 0.4) is 0 Å². The largest absolute Gasteiger partial charge is 0.296 e. The van der Waals surface area contributed by atoms with Gasteiger partial charge >= 0.3 is 0 Å². The van der Waals surface area contributed by atoms with Crippen molar-refractivity contribution in [2.75, 3.05) is 0 Å². The van der Waals surface area contributed by atoms with Gasteiger partial charge in [0.1, 0.15) is 5.82 Å². The summed E-state index contributed by atoms with van der Waals surface area (Å²) in [7, 11) is 0. The van der Waals surface area contributed by atoms with Crippen LogP contribution >= 0.6 is 0 Å². The van der Waals surface area contributed by atoms with Gasteiger partial charge in [-0.25, -0.2) is 4.98 Å². The van der Waals surface area contributed by atoms with E-state index in [0.29, 0.717) is 11.1 Å². The number of fused-ring (bicyclic) bond motifs is 3. The van der Waals surface area contributed by atoms with Gasteiger partial charge in [-0.1, -0.05) is 134 Å². The maximum absolute atomic E-state index is 9.41. The molecule has 1 heterocycles. The number of hydrogen-bond acceptors (Lipinski definition) is 1. The first-order valence-corrected chi connectivity index (χ1v) is 13.8. The van der Waals surface area contributed by atoms with E-state index in [-0.39, 0.29) is 49.4 Å². The summed E-state index contributed by atoms with van der Waals surface area (Å²) in [4.78, 5) is 4.47. The van der Waals surface area contributed by atoms with Crippen LogP contribution in [0.5, 0.6) is 0 Å². The van der Waals surface area contributed by atoms with Crippen molar-refractivity contribution in [2.45, 2.75) is 13.2 Å². The molecule has 7 aromatic carbocycles. The maximum Gasteiger partial charge on any atom is 0.114 e. The Morgan fingerprint density at radius 1 is 0.628 bits per heavy atom. The van der Waals surface area contributed by atoms with E-state index in [9.17, 15) is 5.48 Å². The lowest BCUT2D eigenvalue weighted by Crippen LogP contribution is -2.03. The van der Waals surface area contributed by atoms with Crippen LogP contribution in [0, 0.1) is 0 Å². The minimum atomic E-state index is -3.16. The molecule has 0 radical (unpaired) electrons. The van der Waals surface area contributed by atoms with Crippen molar-refractivity contribution >= 4 is 32.6 Å². The minimum Gasteiger partial charge on any atom is -0.296 e. The van der Waals surface area contributed by atoms with E-state index in [1.165, 1.54) is 4.57 Å². The number of aromatic nitrogens is 2. The summed E-state index contributed by atoms with van der Waals surface area (Å²) in [6, 6.07) is 25.8. The highest BCUT2D eigenvalue weighted by Gasteiger charge is 2.21. The van der Waals surface area contributed by atoms with Crippen molar-refractivity contribution in [3.63, 3.8) is 0 Å². The third-order valence-electron chi connectivity index (χ3n) is 7.72. The molecule has 0 aliphatic heterocycles. The molecule has 0 unspecified atom stereocenters. The van der Waals surface area contributed by atoms with E-state index in [1.807, 2.05) is 42.5 Å². The highest BCUT2D eigenvalue weighted by Crippen LogP contribution is 2.45. The molecule has 0 aliphatic carbocycles. The van der Waals surface area contributed by atoms with E-state index in [4.69, 9.17) is 12.3 Å². The van der Waals surface area contributed by atoms with Gasteiger partial charge in [0.15, 0.2) is 0 Å². The van der Waals surface area contributed by atoms with Crippen LogP contribution in [0.4, 0.5) is 0 Å². The van der Waals surface area contributed by atoms with Crippen LogP contribution in [0.1, 0.15) is 30.5 Å². The van der Waals surface area contributed by atoms with Crippen LogP contribution in [-0.4, -0.2) is 9.55 Å². The predicted molar refractivity (Wildman–Crippen MR) is 182 cm³/mol. The Hall–Kier alpha value is -5.47. The summed E-state index contributed by atoms with van der Waals surface area (Å²) in [5, 5.41) is -0.0500. The van der Waals surface area contributed by atoms with E-state index in [0.717, 1.165) is 11.1 Å². The average molecular weight is 564 g/mol. The highest BCUT2D eigenvalue weighted by atomic mass is 15.1. The zero-order valence-corrected chi connectivity index (χ0v) is 22.7. The third kappa shape index (κ3) is 4.14. The summed E-state index contributed by atoms with van der Waals surface area (Å²) < 4.78 is 116. The quantitative estimate of drug-likeness (QED) is 0.190. The Bertz CT molecular complexity index is 2840. The minimum absolute atomic E-state index is 0.0112. The van der Waals surface area contributed by atoms with Gasteiger partial charge in [0.2, 0.25) is 0 Å². The Morgan fingerprint density at radius 3 is 1.98 bits per heavy atom. The van der Waals surface area contributed by atoms with E-state index >= 15 is 0 Å². The van der Waals surface area contributed by atoms with Crippen molar-refractivity contribution in [1.82, 2.24) is 9.55 Å². The van der Waals surface area contributed by atoms with Gasteiger partial charge in [-0.15, -0.1) is 0 Å². The molecule has 204 valence electrons. The first kappa shape index (κ1) is 15.1. The number of hydrogen-bond donors (Lipinski definition) is 0. The summed E-state index contributed by atoms with van der Waals surface area (Å²) in [5.74, 6) is -0.446. The molecule has 8 rings (SSSR count). The lowest BCUT2D eigenvalue weighted by molar-refractivity contribution is 0.909. The maximum atomic E-state index is 9.41. The fourth-order valence-corrected chi connectivity index (χ4v) is 5.90. The Morgan fingerprint density at radius 2 is 1.23 bits per heavy atom. The van der Waals surface area contributed by atoms with Gasteiger partial charge in [-0.3, -0.25) is 4.57 Å². The number of rotatable bonds is 5. The zero-order valence-electron chi connectivity index (χ0n) is 35.7. The van der Waals surface area contributed by atoms with Gasteiger partial charge in [0, 0.05) is 18.8 Å². The molecular weight excluding hydrogens is 520 g/mol. The number of nitrogens with zero attached hydrogens (tertiary/aromatic N) is 2. The molecule has 2 heteroatoms. The predicted octanol–water partition coefficient (Wildman–Crippen LogP) is 10.9. The molecule has 0 saturated heterocycles. The Labute approximate surface area is 269 Å². The van der Waals surface area contributed by atoms with Crippen molar-refractivity contribution in [3.05, 3.63) is 157 Å². The van der Waals surface area contributed by atoms with Crippen molar-refractivity contribution in [2.24, 2.45) is 0 Å². The second-order valence-corrected chi connectivity index (χ2v) is 10.1. The van der Waals surface area contributed by atoms with Gasteiger partial charge in [0.05, 0.1) is 27.7 Å². The molecule has 0 N–H and O–H groups in total. The smallest absolute Gasteiger partial charge is 0.114 e. The van der Waals surface area contributed by atoms with Crippen molar-refractivity contribution in [1.29, 1.82) is 0 Å². The number of benzene rings is 7. The van der Waals surface area contributed by atoms with Crippen LogP contribution in [0.25, 0.3) is 71.6 Å². The van der Waals surface area contributed by atoms with Crippen molar-refractivity contribution < 1.29 is 17.8 Å². The van der Waals surface area contributed by atoms with Crippen molar-refractivity contribution in [3.8, 4) is 39.1 Å². The number of imidazole rings is 1. The van der Waals surface area contributed by atoms with Crippen LogP contribution in [0.15, 0.2) is 151 Å². The summed E-state index contributed by atoms with van der Waals surface area (Å²) in [5.41, 5.74) is 3.28. The van der Waals surface area contributed by atoms with Crippen LogP contribution in [-0.2, 0) is 6.37 Å². The second-order valence-electron chi connectivity index (χ2n) is 10.1. The average Bonchev–Trinajstić information content (AvgIpc) is 3.60. The molecule has 0 atom stereocenters. The van der Waals surface area contributed by atoms with Gasteiger partial charge in [-0.05, 0) is 73.6 Å². The third-order valence-corrected chi connectivity index (χ3v) is 7.72. The van der Waals surface area contributed by atoms with E-state index in [2.05, 4.69) is 4.98 Å². The SMILES string of the molecule is [2H]c1c([2H])c([2H])c2c(-c3ccccc3-n3c(C([2H])([2H])C([2H])([2H])[2H])nc4ccccc43)c3c([2H])c([2H])c([2H])c([2H])c3c(-c3cccc(-c4ccccc4)c3)c2c1[2H]. The summed E-state index contributed by atoms with van der Waals surface area (Å²) >= 11 is 0. The lowest BCUT2D eigenvalue weighted by Gasteiger charge is -2.21. The molecule has 0 fully saturated rings. The summed E-state index contributed by atoms with van der Waals surface area (Å²) in [6.07, 6.45) is -2.98. The molecule has 0 amide bonds. The van der Waals surface area contributed by atoms with Crippen LogP contribution < -0.4 is 0 Å².